The molecule has 1 nitrogen and oxygen atoms in total. The Morgan fingerprint density at radius 2 is 1.90 bits per heavy atom. The van der Waals surface area contributed by atoms with Crippen molar-refractivity contribution in [2.75, 3.05) is 6.54 Å². The van der Waals surface area contributed by atoms with Gasteiger partial charge in [-0.25, -0.2) is 0 Å². The Kier molecular flexibility index (Phi) is 5.10. The summed E-state index contributed by atoms with van der Waals surface area (Å²) in [5.74, 6) is 0.898. The van der Waals surface area contributed by atoms with E-state index in [1.165, 1.54) is 25.8 Å². The molecule has 0 aromatic heterocycles. The van der Waals surface area contributed by atoms with E-state index >= 15 is 0 Å². The van der Waals surface area contributed by atoms with Crippen LogP contribution in [0.3, 0.4) is 0 Å². The van der Waals surface area contributed by atoms with Crippen molar-refractivity contribution < 1.29 is 0 Å². The molecule has 0 aromatic carbocycles. The van der Waals surface area contributed by atoms with E-state index < -0.39 is 0 Å². The summed E-state index contributed by atoms with van der Waals surface area (Å²) in [7, 11) is 0. The fraction of sp³-hybridized carbons (Fsp3) is 1.00. The summed E-state index contributed by atoms with van der Waals surface area (Å²) < 4.78 is 0. The molecule has 2 heteroatoms. The van der Waals surface area contributed by atoms with Gasteiger partial charge in [0.15, 0.2) is 0 Å². The average molecular weight is 164 g/mol. The van der Waals surface area contributed by atoms with E-state index in [0.717, 1.165) is 12.0 Å². The first-order valence-corrected chi connectivity index (χ1v) is 4.02. The molecule has 1 fully saturated rings. The second-order valence-corrected chi connectivity index (χ2v) is 3.35. The first-order chi connectivity index (χ1) is 4.29. The standard InChI is InChI=1S/C8H17N.ClH/c1-7-4-3-5-8(2)9-6-7;/h7-9H,3-6H2,1-2H3;1H/t7-,8+;/m1./s1. The largest absolute Gasteiger partial charge is 0.314 e. The van der Waals surface area contributed by atoms with E-state index in [-0.39, 0.29) is 12.4 Å². The highest BCUT2D eigenvalue weighted by Crippen LogP contribution is 2.12. The summed E-state index contributed by atoms with van der Waals surface area (Å²) in [5.41, 5.74) is 0. The highest BCUT2D eigenvalue weighted by atomic mass is 35.5. The Hall–Kier alpha value is 0.250. The van der Waals surface area contributed by atoms with Gasteiger partial charge in [-0.15, -0.1) is 12.4 Å². The lowest BCUT2D eigenvalue weighted by atomic mass is 10.1. The van der Waals surface area contributed by atoms with Crippen LogP contribution in [0.1, 0.15) is 33.1 Å². The molecule has 1 saturated heterocycles. The fourth-order valence-corrected chi connectivity index (χ4v) is 1.38. The first kappa shape index (κ1) is 10.2. The summed E-state index contributed by atoms with van der Waals surface area (Å²) in [6, 6.07) is 0.759. The number of hydrogen-bond donors (Lipinski definition) is 1. The van der Waals surface area contributed by atoms with Crippen LogP contribution < -0.4 is 5.32 Å². The van der Waals surface area contributed by atoms with Crippen molar-refractivity contribution in [3.05, 3.63) is 0 Å². The van der Waals surface area contributed by atoms with Gasteiger partial charge in [-0.1, -0.05) is 13.3 Å². The van der Waals surface area contributed by atoms with Gasteiger partial charge in [0.05, 0.1) is 0 Å². The van der Waals surface area contributed by atoms with Crippen LogP contribution in [-0.4, -0.2) is 12.6 Å². The molecule has 2 atom stereocenters. The quantitative estimate of drug-likeness (QED) is 0.578. The fourth-order valence-electron chi connectivity index (χ4n) is 1.38. The topological polar surface area (TPSA) is 12.0 Å². The van der Waals surface area contributed by atoms with Crippen molar-refractivity contribution >= 4 is 12.4 Å². The van der Waals surface area contributed by atoms with Gasteiger partial charge >= 0.3 is 0 Å². The molecule has 1 N–H and O–H groups in total. The van der Waals surface area contributed by atoms with Crippen molar-refractivity contribution in [3.63, 3.8) is 0 Å². The van der Waals surface area contributed by atoms with Gasteiger partial charge in [-0.2, -0.15) is 0 Å². The lowest BCUT2D eigenvalue weighted by Gasteiger charge is -2.09. The molecule has 0 radical (unpaired) electrons. The van der Waals surface area contributed by atoms with Gasteiger partial charge in [0.2, 0.25) is 0 Å². The predicted octanol–water partition coefficient (Wildman–Crippen LogP) is 2.21. The molecule has 1 heterocycles. The highest BCUT2D eigenvalue weighted by molar-refractivity contribution is 5.85. The van der Waals surface area contributed by atoms with Gasteiger partial charge in [0.1, 0.15) is 0 Å². The lowest BCUT2D eigenvalue weighted by Crippen LogP contribution is -2.27. The Balaban J connectivity index is 0.000000810. The predicted molar refractivity (Wildman–Crippen MR) is 47.7 cm³/mol. The van der Waals surface area contributed by atoms with E-state index in [0.29, 0.717) is 0 Å². The van der Waals surface area contributed by atoms with Gasteiger partial charge < -0.3 is 5.32 Å². The van der Waals surface area contributed by atoms with Crippen molar-refractivity contribution in [1.82, 2.24) is 5.32 Å². The van der Waals surface area contributed by atoms with Crippen LogP contribution in [0.4, 0.5) is 0 Å². The number of hydrogen-bond acceptors (Lipinski definition) is 1. The van der Waals surface area contributed by atoms with E-state index in [2.05, 4.69) is 19.2 Å². The smallest absolute Gasteiger partial charge is 0.00388 e. The van der Waals surface area contributed by atoms with E-state index in [1.807, 2.05) is 0 Å². The number of rotatable bonds is 0. The third-order valence-corrected chi connectivity index (χ3v) is 2.15. The van der Waals surface area contributed by atoms with Crippen LogP contribution in [0.2, 0.25) is 0 Å². The molecule has 0 aromatic rings. The molecular weight excluding hydrogens is 146 g/mol. The van der Waals surface area contributed by atoms with E-state index in [4.69, 9.17) is 0 Å². The summed E-state index contributed by atoms with van der Waals surface area (Å²) in [6.45, 7) is 5.82. The minimum absolute atomic E-state index is 0. The number of halogens is 1. The van der Waals surface area contributed by atoms with Crippen LogP contribution in [0.15, 0.2) is 0 Å². The molecule has 1 aliphatic heterocycles. The molecule has 0 amide bonds. The van der Waals surface area contributed by atoms with Gasteiger partial charge in [-0.05, 0) is 32.2 Å². The minimum atomic E-state index is 0. The maximum absolute atomic E-state index is 3.49. The van der Waals surface area contributed by atoms with Crippen LogP contribution in [-0.2, 0) is 0 Å². The second-order valence-electron chi connectivity index (χ2n) is 3.35. The summed E-state index contributed by atoms with van der Waals surface area (Å²) in [4.78, 5) is 0. The second kappa shape index (κ2) is 4.97. The molecule has 62 valence electrons. The van der Waals surface area contributed by atoms with E-state index in [9.17, 15) is 0 Å². The summed E-state index contributed by atoms with van der Waals surface area (Å²) >= 11 is 0. The van der Waals surface area contributed by atoms with Crippen molar-refractivity contribution in [2.45, 2.75) is 39.2 Å². The van der Waals surface area contributed by atoms with Crippen molar-refractivity contribution in [3.8, 4) is 0 Å². The molecule has 0 aliphatic carbocycles. The van der Waals surface area contributed by atoms with Crippen molar-refractivity contribution in [2.24, 2.45) is 5.92 Å². The summed E-state index contributed by atoms with van der Waals surface area (Å²) in [5, 5.41) is 3.49. The number of nitrogens with one attached hydrogen (secondary N) is 1. The van der Waals surface area contributed by atoms with Gasteiger partial charge in [0.25, 0.3) is 0 Å². The molecule has 0 bridgehead atoms. The van der Waals surface area contributed by atoms with Crippen LogP contribution >= 0.6 is 12.4 Å². The Morgan fingerprint density at radius 1 is 1.20 bits per heavy atom. The zero-order chi connectivity index (χ0) is 6.69. The molecule has 1 aliphatic rings. The zero-order valence-electron chi connectivity index (χ0n) is 6.89. The Morgan fingerprint density at radius 3 is 2.60 bits per heavy atom. The minimum Gasteiger partial charge on any atom is -0.314 e. The van der Waals surface area contributed by atoms with E-state index in [1.54, 1.807) is 0 Å². The average Bonchev–Trinajstić information content (AvgIpc) is 1.97. The SMILES string of the molecule is C[C@@H]1CCC[C@H](C)NC1.Cl. The van der Waals surface area contributed by atoms with Crippen LogP contribution in [0.25, 0.3) is 0 Å². The molecule has 0 spiro atoms. The van der Waals surface area contributed by atoms with Crippen LogP contribution in [0.5, 0.6) is 0 Å². The van der Waals surface area contributed by atoms with Gasteiger partial charge in [0, 0.05) is 6.04 Å². The molecule has 10 heavy (non-hydrogen) atoms. The maximum Gasteiger partial charge on any atom is 0.00388 e. The first-order valence-electron chi connectivity index (χ1n) is 4.02. The summed E-state index contributed by atoms with van der Waals surface area (Å²) in [6.07, 6.45) is 4.19. The Labute approximate surface area is 70.0 Å². The Bertz CT molecular complexity index is 75.3. The normalized spacial score (nSPS) is 34.2. The molecular formula is C8H18ClN. The molecule has 1 rings (SSSR count). The monoisotopic (exact) mass is 163 g/mol. The maximum atomic E-state index is 3.49. The zero-order valence-corrected chi connectivity index (χ0v) is 7.71. The van der Waals surface area contributed by atoms with Crippen molar-refractivity contribution in [1.29, 1.82) is 0 Å². The highest BCUT2D eigenvalue weighted by Gasteiger charge is 2.10. The molecule has 0 saturated carbocycles. The lowest BCUT2D eigenvalue weighted by molar-refractivity contribution is 0.503. The third-order valence-electron chi connectivity index (χ3n) is 2.15. The third kappa shape index (κ3) is 3.43. The van der Waals surface area contributed by atoms with Crippen LogP contribution in [0, 0.1) is 5.92 Å². The van der Waals surface area contributed by atoms with Gasteiger partial charge in [-0.3, -0.25) is 0 Å². The molecule has 0 unspecified atom stereocenters.